The summed E-state index contributed by atoms with van der Waals surface area (Å²) in [7, 11) is 0. The van der Waals surface area contributed by atoms with Gasteiger partial charge in [-0.2, -0.15) is 0 Å². The molecule has 3 N–H and O–H groups in total. The number of rotatable bonds is 4. The summed E-state index contributed by atoms with van der Waals surface area (Å²) >= 11 is 4.81. The molecular weight excluding hydrogens is 356 g/mol. The molecule has 0 aliphatic rings. The van der Waals surface area contributed by atoms with E-state index in [9.17, 15) is 9.59 Å². The quantitative estimate of drug-likeness (QED) is 0.766. The van der Waals surface area contributed by atoms with Crippen LogP contribution in [0.15, 0.2) is 34.8 Å². The first-order valence-electron chi connectivity index (χ1n) is 6.08. The lowest BCUT2D eigenvalue weighted by atomic mass is 10.2. The van der Waals surface area contributed by atoms with Crippen LogP contribution in [0.1, 0.15) is 20.1 Å². The summed E-state index contributed by atoms with van der Waals surface area (Å²) in [5, 5.41) is 14.4. The number of aryl methyl sites for hydroxylation is 1. The van der Waals surface area contributed by atoms with E-state index >= 15 is 0 Å². The molecule has 0 atom stereocenters. The Kier molecular flexibility index (Phi) is 4.98. The van der Waals surface area contributed by atoms with Crippen molar-refractivity contribution < 1.29 is 14.7 Å². The van der Waals surface area contributed by atoms with E-state index < -0.39 is 12.0 Å². The number of urea groups is 1. The van der Waals surface area contributed by atoms with Crippen LogP contribution in [0, 0.1) is 6.92 Å². The lowest BCUT2D eigenvalue weighted by molar-refractivity contribution is 0.0698. The van der Waals surface area contributed by atoms with Gasteiger partial charge in [0.2, 0.25) is 0 Å². The number of hydrogen-bond acceptors (Lipinski definition) is 3. The maximum atomic E-state index is 11.8. The molecule has 110 valence electrons. The summed E-state index contributed by atoms with van der Waals surface area (Å²) in [6.07, 6.45) is 0. The molecule has 0 bridgehead atoms. The van der Waals surface area contributed by atoms with Gasteiger partial charge in [-0.25, -0.2) is 9.59 Å². The molecule has 2 rings (SSSR count). The summed E-state index contributed by atoms with van der Waals surface area (Å²) in [4.78, 5) is 25.2. The minimum absolute atomic E-state index is 0.0338. The van der Waals surface area contributed by atoms with Gasteiger partial charge in [0.1, 0.15) is 0 Å². The van der Waals surface area contributed by atoms with Crippen molar-refractivity contribution in [2.24, 2.45) is 0 Å². The molecule has 0 radical (unpaired) electrons. The highest BCUT2D eigenvalue weighted by Gasteiger charge is 2.13. The van der Waals surface area contributed by atoms with Crippen LogP contribution in [0.25, 0.3) is 0 Å². The summed E-state index contributed by atoms with van der Waals surface area (Å²) in [5.41, 5.74) is 0.289. The molecule has 5 nitrogen and oxygen atoms in total. The van der Waals surface area contributed by atoms with Gasteiger partial charge < -0.3 is 15.7 Å². The second-order valence-corrected chi connectivity index (χ2v) is 6.60. The van der Waals surface area contributed by atoms with Gasteiger partial charge in [-0.3, -0.25) is 0 Å². The Morgan fingerprint density at radius 1 is 1.29 bits per heavy atom. The minimum Gasteiger partial charge on any atom is -0.478 e. The first-order chi connectivity index (χ1) is 9.95. The van der Waals surface area contributed by atoms with Crippen LogP contribution in [0.2, 0.25) is 0 Å². The van der Waals surface area contributed by atoms with Crippen molar-refractivity contribution in [1.29, 1.82) is 0 Å². The highest BCUT2D eigenvalue weighted by atomic mass is 79.9. The number of nitrogens with one attached hydrogen (secondary N) is 2. The molecule has 21 heavy (non-hydrogen) atoms. The van der Waals surface area contributed by atoms with Gasteiger partial charge in [-0.15, -0.1) is 11.3 Å². The summed E-state index contributed by atoms with van der Waals surface area (Å²) in [5.74, 6) is -1.10. The van der Waals surface area contributed by atoms with Crippen LogP contribution in [0.5, 0.6) is 0 Å². The molecule has 2 aromatic rings. The molecule has 0 saturated carbocycles. The van der Waals surface area contributed by atoms with E-state index in [2.05, 4.69) is 26.6 Å². The van der Waals surface area contributed by atoms with Gasteiger partial charge in [0, 0.05) is 14.2 Å². The third kappa shape index (κ3) is 4.30. The topological polar surface area (TPSA) is 78.4 Å². The maximum absolute atomic E-state index is 11.8. The van der Waals surface area contributed by atoms with Gasteiger partial charge in [-0.05, 0) is 37.3 Å². The standard InChI is InChI=1S/C14H13BrN2O3S/c1-8-2-4-10(21-8)7-16-14(20)17-12-5-3-9(15)6-11(12)13(18)19/h2-6H,7H2,1H3,(H,18,19)(H2,16,17,20). The van der Waals surface area contributed by atoms with E-state index in [0.29, 0.717) is 11.0 Å². The number of carboxylic acid groups (broad SMARTS) is 1. The molecule has 1 heterocycles. The number of halogens is 1. The predicted molar refractivity (Wildman–Crippen MR) is 86.0 cm³/mol. The number of benzene rings is 1. The summed E-state index contributed by atoms with van der Waals surface area (Å²) in [6.45, 7) is 2.40. The molecule has 0 spiro atoms. The Balaban J connectivity index is 2.01. The van der Waals surface area contributed by atoms with Gasteiger partial charge in [-0.1, -0.05) is 15.9 Å². The molecule has 0 aliphatic heterocycles. The van der Waals surface area contributed by atoms with Gasteiger partial charge in [0.25, 0.3) is 0 Å². The molecule has 1 aromatic heterocycles. The van der Waals surface area contributed by atoms with E-state index in [1.165, 1.54) is 10.9 Å². The van der Waals surface area contributed by atoms with Crippen LogP contribution in [-0.4, -0.2) is 17.1 Å². The highest BCUT2D eigenvalue weighted by Crippen LogP contribution is 2.21. The van der Waals surface area contributed by atoms with Crippen molar-refractivity contribution in [3.05, 3.63) is 50.1 Å². The number of hydrogen-bond donors (Lipinski definition) is 3. The molecular formula is C14H13BrN2O3S. The van der Waals surface area contributed by atoms with Crippen molar-refractivity contribution in [1.82, 2.24) is 5.32 Å². The largest absolute Gasteiger partial charge is 0.478 e. The van der Waals surface area contributed by atoms with Crippen LogP contribution in [-0.2, 0) is 6.54 Å². The van der Waals surface area contributed by atoms with Crippen molar-refractivity contribution >= 4 is 45.0 Å². The Morgan fingerprint density at radius 3 is 2.67 bits per heavy atom. The van der Waals surface area contributed by atoms with Crippen LogP contribution in [0.3, 0.4) is 0 Å². The number of amides is 2. The Labute approximate surface area is 134 Å². The normalized spacial score (nSPS) is 10.2. The molecule has 0 unspecified atom stereocenters. The number of thiophene rings is 1. The fourth-order valence-electron chi connectivity index (χ4n) is 1.72. The molecule has 1 aromatic carbocycles. The van der Waals surface area contributed by atoms with E-state index in [1.807, 2.05) is 19.1 Å². The Morgan fingerprint density at radius 2 is 2.05 bits per heavy atom. The Bertz CT molecular complexity index is 685. The van der Waals surface area contributed by atoms with Crippen LogP contribution >= 0.6 is 27.3 Å². The predicted octanol–water partition coefficient (Wildman–Crippen LogP) is 3.84. The molecule has 0 saturated heterocycles. The second kappa shape index (κ2) is 6.73. The monoisotopic (exact) mass is 368 g/mol. The average Bonchev–Trinajstić information content (AvgIpc) is 2.84. The number of anilines is 1. The van der Waals surface area contributed by atoms with Crippen LogP contribution in [0.4, 0.5) is 10.5 Å². The van der Waals surface area contributed by atoms with E-state index in [1.54, 1.807) is 23.5 Å². The lowest BCUT2D eigenvalue weighted by Crippen LogP contribution is -2.28. The zero-order valence-corrected chi connectivity index (χ0v) is 13.5. The van der Waals surface area contributed by atoms with Gasteiger partial charge in [0.15, 0.2) is 0 Å². The fourth-order valence-corrected chi connectivity index (χ4v) is 2.91. The van der Waals surface area contributed by atoms with Crippen LogP contribution < -0.4 is 10.6 Å². The number of aromatic carboxylic acids is 1. The molecule has 0 aliphatic carbocycles. The van der Waals surface area contributed by atoms with E-state index in [0.717, 1.165) is 4.88 Å². The zero-order valence-electron chi connectivity index (χ0n) is 11.1. The van der Waals surface area contributed by atoms with Gasteiger partial charge in [0.05, 0.1) is 17.8 Å². The van der Waals surface area contributed by atoms with Crippen molar-refractivity contribution in [3.63, 3.8) is 0 Å². The SMILES string of the molecule is Cc1ccc(CNC(=O)Nc2ccc(Br)cc2C(=O)O)s1. The first-order valence-corrected chi connectivity index (χ1v) is 7.69. The number of carboxylic acids is 1. The molecule has 7 heteroatoms. The lowest BCUT2D eigenvalue weighted by Gasteiger charge is -2.09. The van der Waals surface area contributed by atoms with E-state index in [4.69, 9.17) is 5.11 Å². The fraction of sp³-hybridized carbons (Fsp3) is 0.143. The highest BCUT2D eigenvalue weighted by molar-refractivity contribution is 9.10. The van der Waals surface area contributed by atoms with Gasteiger partial charge >= 0.3 is 12.0 Å². The van der Waals surface area contributed by atoms with Crippen molar-refractivity contribution in [3.8, 4) is 0 Å². The smallest absolute Gasteiger partial charge is 0.337 e. The van der Waals surface area contributed by atoms with Crippen molar-refractivity contribution in [2.45, 2.75) is 13.5 Å². The Hall–Kier alpha value is -1.86. The first kappa shape index (κ1) is 15.5. The molecule has 2 amide bonds. The van der Waals surface area contributed by atoms with Crippen molar-refractivity contribution in [2.75, 3.05) is 5.32 Å². The number of carbonyl (C=O) groups is 2. The summed E-state index contributed by atoms with van der Waals surface area (Å²) in [6, 6.07) is 8.15. The molecule has 0 fully saturated rings. The third-order valence-corrected chi connectivity index (χ3v) is 4.17. The number of carbonyl (C=O) groups excluding carboxylic acids is 1. The maximum Gasteiger partial charge on any atom is 0.337 e. The van der Waals surface area contributed by atoms with E-state index in [-0.39, 0.29) is 11.3 Å². The third-order valence-electron chi connectivity index (χ3n) is 2.68. The second-order valence-electron chi connectivity index (χ2n) is 4.32. The zero-order chi connectivity index (χ0) is 15.4. The summed E-state index contributed by atoms with van der Waals surface area (Å²) < 4.78 is 0.639. The minimum atomic E-state index is -1.10. The average molecular weight is 369 g/mol.